The number of H-pyrrole nitrogens is 1. The Morgan fingerprint density at radius 3 is 2.67 bits per heavy atom. The minimum Gasteiger partial charge on any atom is -0.369 e. The maximum atomic E-state index is 12.8. The van der Waals surface area contributed by atoms with Crippen LogP contribution in [-0.2, 0) is 9.59 Å². The van der Waals surface area contributed by atoms with Gasteiger partial charge in [-0.05, 0) is 56.5 Å². The van der Waals surface area contributed by atoms with E-state index in [4.69, 9.17) is 5.73 Å². The number of hydrogen-bond donors (Lipinski definition) is 3. The number of primary amides is 1. The number of aryl methyl sites for hydroxylation is 1. The van der Waals surface area contributed by atoms with Crippen LogP contribution in [-0.4, -0.2) is 46.3 Å². The molecular formula is C20H29N5O2. The SMILES string of the molecule is Cc1ccc2nc(C(NC(=O)C3CCN(CC(N)=O)CC3)C(C)C)[nH]c2c1. The Balaban J connectivity index is 1.67. The molecular weight excluding hydrogens is 342 g/mol. The Hall–Kier alpha value is -2.41. The third-order valence-electron chi connectivity index (χ3n) is 5.25. The van der Waals surface area contributed by atoms with Crippen molar-refractivity contribution in [2.45, 2.75) is 39.7 Å². The van der Waals surface area contributed by atoms with Crippen LogP contribution in [0.1, 0.15) is 44.1 Å². The number of imidazole rings is 1. The van der Waals surface area contributed by atoms with Gasteiger partial charge in [-0.15, -0.1) is 0 Å². The smallest absolute Gasteiger partial charge is 0.231 e. The lowest BCUT2D eigenvalue weighted by Gasteiger charge is -2.31. The molecule has 0 saturated carbocycles. The standard InChI is InChI=1S/C20H29N5O2/c1-12(2)18(19-22-15-5-4-13(3)10-16(15)23-19)24-20(27)14-6-8-25(9-7-14)11-17(21)26/h4-5,10,12,14,18H,6-9,11H2,1-3H3,(H2,21,26)(H,22,23)(H,24,27). The van der Waals surface area contributed by atoms with Gasteiger partial charge < -0.3 is 16.0 Å². The fraction of sp³-hybridized carbons (Fsp3) is 0.550. The van der Waals surface area contributed by atoms with Gasteiger partial charge in [0, 0.05) is 5.92 Å². The van der Waals surface area contributed by atoms with Crippen molar-refractivity contribution in [3.8, 4) is 0 Å². The molecule has 1 aliphatic heterocycles. The lowest BCUT2D eigenvalue weighted by atomic mass is 9.94. The third kappa shape index (κ3) is 4.66. The molecule has 1 unspecified atom stereocenters. The molecule has 1 atom stereocenters. The van der Waals surface area contributed by atoms with E-state index in [-0.39, 0.29) is 36.2 Å². The molecule has 7 heteroatoms. The molecule has 2 amide bonds. The molecule has 3 rings (SSSR count). The summed E-state index contributed by atoms with van der Waals surface area (Å²) in [5.74, 6) is 0.708. The first-order valence-electron chi connectivity index (χ1n) is 9.60. The molecule has 2 aromatic rings. The Bertz CT molecular complexity index is 821. The van der Waals surface area contributed by atoms with E-state index in [0.717, 1.165) is 42.8 Å². The summed E-state index contributed by atoms with van der Waals surface area (Å²) < 4.78 is 0. The lowest BCUT2D eigenvalue weighted by molar-refractivity contribution is -0.127. The molecule has 1 aromatic heterocycles. The van der Waals surface area contributed by atoms with E-state index in [2.05, 4.69) is 35.2 Å². The lowest BCUT2D eigenvalue weighted by Crippen LogP contribution is -2.44. The quantitative estimate of drug-likeness (QED) is 0.721. The number of piperidine rings is 1. The largest absolute Gasteiger partial charge is 0.369 e. The van der Waals surface area contributed by atoms with Crippen molar-refractivity contribution in [3.63, 3.8) is 0 Å². The molecule has 1 fully saturated rings. The predicted octanol–water partition coefficient (Wildman–Crippen LogP) is 1.88. The number of fused-ring (bicyclic) bond motifs is 1. The number of benzene rings is 1. The molecule has 146 valence electrons. The molecule has 4 N–H and O–H groups in total. The second kappa shape index (κ2) is 8.08. The number of aromatic nitrogens is 2. The average molecular weight is 371 g/mol. The van der Waals surface area contributed by atoms with E-state index in [9.17, 15) is 9.59 Å². The zero-order valence-corrected chi connectivity index (χ0v) is 16.3. The van der Waals surface area contributed by atoms with Gasteiger partial charge in [0.2, 0.25) is 11.8 Å². The van der Waals surface area contributed by atoms with Crippen LogP contribution in [0, 0.1) is 18.8 Å². The fourth-order valence-electron chi connectivity index (χ4n) is 3.69. The number of nitrogens with two attached hydrogens (primary N) is 1. The Morgan fingerprint density at radius 1 is 1.33 bits per heavy atom. The van der Waals surface area contributed by atoms with Gasteiger partial charge in [-0.25, -0.2) is 4.98 Å². The summed E-state index contributed by atoms with van der Waals surface area (Å²) >= 11 is 0. The van der Waals surface area contributed by atoms with Crippen LogP contribution in [0.2, 0.25) is 0 Å². The average Bonchev–Trinajstić information content (AvgIpc) is 3.01. The van der Waals surface area contributed by atoms with Gasteiger partial charge in [0.1, 0.15) is 5.82 Å². The molecule has 0 spiro atoms. The fourth-order valence-corrected chi connectivity index (χ4v) is 3.69. The molecule has 0 aliphatic carbocycles. The summed E-state index contributed by atoms with van der Waals surface area (Å²) in [6, 6.07) is 5.95. The van der Waals surface area contributed by atoms with E-state index < -0.39 is 0 Å². The Kier molecular flexibility index (Phi) is 5.79. The van der Waals surface area contributed by atoms with Crippen LogP contribution in [0.3, 0.4) is 0 Å². The monoisotopic (exact) mass is 371 g/mol. The zero-order chi connectivity index (χ0) is 19.6. The van der Waals surface area contributed by atoms with Gasteiger partial charge in [-0.3, -0.25) is 14.5 Å². The maximum Gasteiger partial charge on any atom is 0.231 e. The molecule has 0 radical (unpaired) electrons. The first kappa shape index (κ1) is 19.4. The van der Waals surface area contributed by atoms with Crippen LogP contribution >= 0.6 is 0 Å². The zero-order valence-electron chi connectivity index (χ0n) is 16.3. The Labute approximate surface area is 159 Å². The highest BCUT2D eigenvalue weighted by Crippen LogP contribution is 2.25. The highest BCUT2D eigenvalue weighted by atomic mass is 16.2. The van der Waals surface area contributed by atoms with Crippen molar-refractivity contribution in [3.05, 3.63) is 29.6 Å². The van der Waals surface area contributed by atoms with Gasteiger partial charge in [-0.1, -0.05) is 19.9 Å². The highest BCUT2D eigenvalue weighted by Gasteiger charge is 2.29. The minimum atomic E-state index is -0.321. The summed E-state index contributed by atoms with van der Waals surface area (Å²) in [5, 5.41) is 3.19. The predicted molar refractivity (Wildman–Crippen MR) is 105 cm³/mol. The third-order valence-corrected chi connectivity index (χ3v) is 5.25. The molecule has 1 aliphatic rings. The first-order chi connectivity index (χ1) is 12.8. The molecule has 7 nitrogen and oxygen atoms in total. The molecule has 2 heterocycles. The summed E-state index contributed by atoms with van der Waals surface area (Å²) in [7, 11) is 0. The summed E-state index contributed by atoms with van der Waals surface area (Å²) in [6.07, 6.45) is 1.48. The molecule has 27 heavy (non-hydrogen) atoms. The van der Waals surface area contributed by atoms with Gasteiger partial charge in [0.25, 0.3) is 0 Å². The Morgan fingerprint density at radius 2 is 2.04 bits per heavy atom. The second-order valence-corrected chi connectivity index (χ2v) is 7.89. The first-order valence-corrected chi connectivity index (χ1v) is 9.60. The van der Waals surface area contributed by atoms with E-state index in [1.807, 2.05) is 24.0 Å². The maximum absolute atomic E-state index is 12.8. The van der Waals surface area contributed by atoms with Crippen molar-refractivity contribution in [2.75, 3.05) is 19.6 Å². The van der Waals surface area contributed by atoms with Crippen molar-refractivity contribution < 1.29 is 9.59 Å². The van der Waals surface area contributed by atoms with Crippen molar-refractivity contribution in [2.24, 2.45) is 17.6 Å². The van der Waals surface area contributed by atoms with Crippen LogP contribution in [0.4, 0.5) is 0 Å². The van der Waals surface area contributed by atoms with Gasteiger partial charge in [-0.2, -0.15) is 0 Å². The second-order valence-electron chi connectivity index (χ2n) is 7.89. The topological polar surface area (TPSA) is 104 Å². The number of likely N-dealkylation sites (tertiary alicyclic amines) is 1. The number of nitrogens with zero attached hydrogens (tertiary/aromatic N) is 2. The van der Waals surface area contributed by atoms with E-state index in [1.165, 1.54) is 5.56 Å². The van der Waals surface area contributed by atoms with Gasteiger partial charge in [0.05, 0.1) is 23.6 Å². The van der Waals surface area contributed by atoms with E-state index >= 15 is 0 Å². The van der Waals surface area contributed by atoms with Crippen molar-refractivity contribution in [1.82, 2.24) is 20.2 Å². The number of nitrogens with one attached hydrogen (secondary N) is 2. The number of amides is 2. The normalized spacial score (nSPS) is 17.3. The van der Waals surface area contributed by atoms with Crippen LogP contribution < -0.4 is 11.1 Å². The van der Waals surface area contributed by atoms with Gasteiger partial charge >= 0.3 is 0 Å². The van der Waals surface area contributed by atoms with Crippen LogP contribution in [0.15, 0.2) is 18.2 Å². The van der Waals surface area contributed by atoms with Crippen LogP contribution in [0.25, 0.3) is 11.0 Å². The van der Waals surface area contributed by atoms with Crippen molar-refractivity contribution in [1.29, 1.82) is 0 Å². The van der Waals surface area contributed by atoms with Crippen LogP contribution in [0.5, 0.6) is 0 Å². The molecule has 1 saturated heterocycles. The number of carbonyl (C=O) groups is 2. The van der Waals surface area contributed by atoms with Crippen molar-refractivity contribution >= 4 is 22.8 Å². The number of aromatic amines is 1. The molecule has 0 bridgehead atoms. The van der Waals surface area contributed by atoms with Gasteiger partial charge in [0.15, 0.2) is 0 Å². The molecule has 1 aromatic carbocycles. The number of carbonyl (C=O) groups excluding carboxylic acids is 2. The summed E-state index contributed by atoms with van der Waals surface area (Å²) in [6.45, 7) is 7.92. The summed E-state index contributed by atoms with van der Waals surface area (Å²) in [4.78, 5) is 33.9. The highest BCUT2D eigenvalue weighted by molar-refractivity contribution is 5.80. The van der Waals surface area contributed by atoms with E-state index in [0.29, 0.717) is 0 Å². The van der Waals surface area contributed by atoms with E-state index in [1.54, 1.807) is 0 Å². The minimum absolute atomic E-state index is 0.0398. The number of rotatable bonds is 6. The summed E-state index contributed by atoms with van der Waals surface area (Å²) in [5.41, 5.74) is 8.33. The number of hydrogen-bond acceptors (Lipinski definition) is 4.